The van der Waals surface area contributed by atoms with Crippen molar-refractivity contribution in [2.75, 3.05) is 31.8 Å². The van der Waals surface area contributed by atoms with E-state index in [1.807, 2.05) is 18.5 Å². The Labute approximate surface area is 191 Å². The van der Waals surface area contributed by atoms with Crippen LogP contribution in [0.25, 0.3) is 6.08 Å². The predicted molar refractivity (Wildman–Crippen MR) is 126 cm³/mol. The van der Waals surface area contributed by atoms with Gasteiger partial charge < -0.3 is 9.64 Å². The number of hydrogen-bond donors (Lipinski definition) is 0. The summed E-state index contributed by atoms with van der Waals surface area (Å²) in [6.45, 7) is 7.66. The average Bonchev–Trinajstić information content (AvgIpc) is 3.23. The van der Waals surface area contributed by atoms with Gasteiger partial charge in [-0.25, -0.2) is 8.42 Å². The number of nitrogens with zero attached hydrogens (tertiary/aromatic N) is 3. The Hall–Kier alpha value is -2.45. The van der Waals surface area contributed by atoms with Gasteiger partial charge in [0.25, 0.3) is 0 Å². The van der Waals surface area contributed by atoms with Crippen LogP contribution in [0.3, 0.4) is 0 Å². The lowest BCUT2D eigenvalue weighted by molar-refractivity contribution is -0.127. The summed E-state index contributed by atoms with van der Waals surface area (Å²) in [4.78, 5) is 14.7. The highest BCUT2D eigenvalue weighted by molar-refractivity contribution is 7.91. The van der Waals surface area contributed by atoms with E-state index in [9.17, 15) is 13.2 Å². The zero-order valence-corrected chi connectivity index (χ0v) is 20.2. The van der Waals surface area contributed by atoms with Gasteiger partial charge in [-0.1, -0.05) is 29.8 Å². The van der Waals surface area contributed by atoms with Crippen LogP contribution < -0.4 is 0 Å². The summed E-state index contributed by atoms with van der Waals surface area (Å²) in [7, 11) is -1.46. The molecule has 0 spiro atoms. The van der Waals surface area contributed by atoms with Crippen LogP contribution in [0.4, 0.5) is 0 Å². The minimum atomic E-state index is -3.08. The van der Waals surface area contributed by atoms with Gasteiger partial charge in [0.15, 0.2) is 9.84 Å². The van der Waals surface area contributed by atoms with Crippen LogP contribution >= 0.6 is 0 Å². The number of rotatable bonds is 9. The number of benzene rings is 1. The molecule has 1 atom stereocenters. The van der Waals surface area contributed by atoms with Crippen LogP contribution in [0, 0.1) is 20.8 Å². The summed E-state index contributed by atoms with van der Waals surface area (Å²) in [6.07, 6.45) is 4.50. The number of ether oxygens (including phenoxy) is 1. The van der Waals surface area contributed by atoms with E-state index in [0.29, 0.717) is 32.5 Å². The van der Waals surface area contributed by atoms with E-state index in [4.69, 9.17) is 4.74 Å². The first kappa shape index (κ1) is 24.2. The van der Waals surface area contributed by atoms with Gasteiger partial charge in [-0.15, -0.1) is 0 Å². The highest BCUT2D eigenvalue weighted by Crippen LogP contribution is 2.20. The molecule has 174 valence electrons. The van der Waals surface area contributed by atoms with Crippen molar-refractivity contribution in [2.45, 2.75) is 46.2 Å². The van der Waals surface area contributed by atoms with Crippen LogP contribution in [0.5, 0.6) is 0 Å². The number of aryl methyl sites for hydroxylation is 2. The van der Waals surface area contributed by atoms with E-state index >= 15 is 0 Å². The normalized spacial score (nSPS) is 17.8. The summed E-state index contributed by atoms with van der Waals surface area (Å²) in [6, 6.07) is 8.08. The maximum Gasteiger partial charge on any atom is 0.246 e. The first-order valence-electron chi connectivity index (χ1n) is 11.0. The Kier molecular flexibility index (Phi) is 7.90. The zero-order chi connectivity index (χ0) is 23.3. The molecule has 1 aliphatic rings. The lowest BCUT2D eigenvalue weighted by atomic mass is 10.1. The molecule has 1 saturated heterocycles. The fourth-order valence-corrected chi connectivity index (χ4v) is 5.83. The third kappa shape index (κ3) is 6.07. The molecule has 0 saturated carbocycles. The highest BCUT2D eigenvalue weighted by atomic mass is 32.2. The fraction of sp³-hybridized carbons (Fsp3) is 0.500. The Morgan fingerprint density at radius 3 is 2.59 bits per heavy atom. The van der Waals surface area contributed by atoms with Gasteiger partial charge in [0.2, 0.25) is 5.91 Å². The van der Waals surface area contributed by atoms with Gasteiger partial charge in [0.05, 0.1) is 23.7 Å². The Morgan fingerprint density at radius 2 is 1.97 bits per heavy atom. The molecular weight excluding hydrogens is 426 g/mol. The standard InChI is InChI=1S/C24H33N3O4S/c1-18-6-8-21(9-7-18)16-27-20(3)23(19(2)25-27)10-11-24(28)26(13-5-14-31-4)22-12-15-32(29,30)17-22/h6-11,22H,5,12-17H2,1-4H3/b11-10+. The number of amides is 1. The lowest BCUT2D eigenvalue weighted by Gasteiger charge is -2.27. The number of hydrogen-bond acceptors (Lipinski definition) is 5. The van der Waals surface area contributed by atoms with Gasteiger partial charge in [0.1, 0.15) is 0 Å². The second-order valence-electron chi connectivity index (χ2n) is 8.50. The second-order valence-corrected chi connectivity index (χ2v) is 10.7. The molecule has 0 N–H and O–H groups in total. The monoisotopic (exact) mass is 459 g/mol. The molecule has 7 nitrogen and oxygen atoms in total. The van der Waals surface area contributed by atoms with E-state index in [1.54, 1.807) is 24.2 Å². The van der Waals surface area contributed by atoms with Gasteiger partial charge in [0, 0.05) is 43.6 Å². The molecule has 2 aromatic rings. The highest BCUT2D eigenvalue weighted by Gasteiger charge is 2.33. The molecule has 0 bridgehead atoms. The van der Waals surface area contributed by atoms with Crippen molar-refractivity contribution in [3.05, 3.63) is 58.4 Å². The first-order chi connectivity index (χ1) is 15.2. The lowest BCUT2D eigenvalue weighted by Crippen LogP contribution is -2.41. The van der Waals surface area contributed by atoms with Crippen LogP contribution in [-0.2, 0) is 25.9 Å². The number of aromatic nitrogens is 2. The summed E-state index contributed by atoms with van der Waals surface area (Å²) >= 11 is 0. The molecule has 8 heteroatoms. The summed E-state index contributed by atoms with van der Waals surface area (Å²) in [5.41, 5.74) is 5.14. The summed E-state index contributed by atoms with van der Waals surface area (Å²) in [5.74, 6) is -0.000723. The topological polar surface area (TPSA) is 81.5 Å². The van der Waals surface area contributed by atoms with E-state index in [1.165, 1.54) is 11.1 Å². The molecule has 0 radical (unpaired) electrons. The largest absolute Gasteiger partial charge is 0.385 e. The third-order valence-electron chi connectivity index (χ3n) is 5.96. The van der Waals surface area contributed by atoms with Crippen molar-refractivity contribution < 1.29 is 17.9 Å². The number of methoxy groups -OCH3 is 1. The molecule has 32 heavy (non-hydrogen) atoms. The molecule has 2 heterocycles. The smallest absolute Gasteiger partial charge is 0.246 e. The SMILES string of the molecule is COCCCN(C(=O)/C=C/c1c(C)nn(Cc2ccc(C)cc2)c1C)C1CCS(=O)(=O)C1. The minimum Gasteiger partial charge on any atom is -0.385 e. The van der Waals surface area contributed by atoms with Gasteiger partial charge >= 0.3 is 0 Å². The quantitative estimate of drug-likeness (QED) is 0.425. The third-order valence-corrected chi connectivity index (χ3v) is 7.71. The average molecular weight is 460 g/mol. The molecule has 0 aliphatic carbocycles. The summed E-state index contributed by atoms with van der Waals surface area (Å²) in [5, 5.41) is 4.65. The fourth-order valence-electron chi connectivity index (χ4n) is 4.10. The van der Waals surface area contributed by atoms with E-state index in [2.05, 4.69) is 36.3 Å². The maximum atomic E-state index is 13.0. The van der Waals surface area contributed by atoms with E-state index in [0.717, 1.165) is 17.0 Å². The van der Waals surface area contributed by atoms with Gasteiger partial charge in [-0.2, -0.15) is 5.10 Å². The number of sulfone groups is 1. The predicted octanol–water partition coefficient (Wildman–Crippen LogP) is 2.92. The van der Waals surface area contributed by atoms with Crippen molar-refractivity contribution in [3.8, 4) is 0 Å². The molecule has 3 rings (SSSR count). The van der Waals surface area contributed by atoms with Crippen molar-refractivity contribution >= 4 is 21.8 Å². The van der Waals surface area contributed by atoms with Crippen molar-refractivity contribution in [2.24, 2.45) is 0 Å². The molecule has 1 aliphatic heterocycles. The number of carbonyl (C=O) groups excluding carboxylic acids is 1. The first-order valence-corrected chi connectivity index (χ1v) is 12.8. The minimum absolute atomic E-state index is 0.0338. The Balaban J connectivity index is 1.75. The van der Waals surface area contributed by atoms with Crippen molar-refractivity contribution in [1.29, 1.82) is 0 Å². The maximum absolute atomic E-state index is 13.0. The summed E-state index contributed by atoms with van der Waals surface area (Å²) < 4.78 is 31.0. The Morgan fingerprint density at radius 1 is 1.25 bits per heavy atom. The molecule has 1 aromatic carbocycles. The molecular formula is C24H33N3O4S. The van der Waals surface area contributed by atoms with Crippen LogP contribution in [0.2, 0.25) is 0 Å². The zero-order valence-electron chi connectivity index (χ0n) is 19.4. The van der Waals surface area contributed by atoms with E-state index < -0.39 is 9.84 Å². The second kappa shape index (κ2) is 10.4. The molecule has 1 aromatic heterocycles. The van der Waals surface area contributed by atoms with Crippen molar-refractivity contribution in [3.63, 3.8) is 0 Å². The van der Waals surface area contributed by atoms with Crippen LogP contribution in [-0.4, -0.2) is 66.8 Å². The number of carbonyl (C=O) groups is 1. The van der Waals surface area contributed by atoms with Gasteiger partial charge in [-0.05, 0) is 45.3 Å². The molecule has 1 fully saturated rings. The Bertz CT molecular complexity index is 1070. The van der Waals surface area contributed by atoms with E-state index in [-0.39, 0.29) is 23.5 Å². The van der Waals surface area contributed by atoms with Crippen molar-refractivity contribution in [1.82, 2.24) is 14.7 Å². The van der Waals surface area contributed by atoms with Gasteiger partial charge in [-0.3, -0.25) is 9.48 Å². The van der Waals surface area contributed by atoms with Crippen LogP contribution in [0.1, 0.15) is 40.9 Å². The molecule has 1 amide bonds. The molecule has 1 unspecified atom stereocenters. The van der Waals surface area contributed by atoms with Crippen LogP contribution in [0.15, 0.2) is 30.3 Å².